The molecular weight excluding hydrogens is 551 g/mol. The maximum Gasteiger partial charge on any atom is 1.00 e. The average molecular weight is 581 g/mol. The van der Waals surface area contributed by atoms with Crippen LogP contribution in [0.25, 0.3) is 11.0 Å². The van der Waals surface area contributed by atoms with Crippen LogP contribution in [0.2, 0.25) is 0 Å². The summed E-state index contributed by atoms with van der Waals surface area (Å²) in [5.41, 5.74) is 1.64. The van der Waals surface area contributed by atoms with Crippen LogP contribution in [0, 0.1) is 0 Å². The SMILES string of the molecule is COc1cc(O)c(C(=O)CCc2ccc3occc3c2)cc1C1OC(COC(=O)CCC(=O)[O-])C(O)C(O)C1O.[Na+]. The quantitative estimate of drug-likeness (QED) is 0.106. The largest absolute Gasteiger partial charge is 1.00 e. The number of rotatable bonds is 11. The average Bonchev–Trinajstić information content (AvgIpc) is 3.41. The van der Waals surface area contributed by atoms with Gasteiger partial charge in [-0.15, -0.1) is 0 Å². The fourth-order valence-corrected chi connectivity index (χ4v) is 4.57. The van der Waals surface area contributed by atoms with Crippen molar-refractivity contribution >= 4 is 28.7 Å². The number of ether oxygens (including phenoxy) is 3. The van der Waals surface area contributed by atoms with Gasteiger partial charge >= 0.3 is 35.5 Å². The molecule has 12 nitrogen and oxygen atoms in total. The van der Waals surface area contributed by atoms with Gasteiger partial charge in [0.2, 0.25) is 0 Å². The van der Waals surface area contributed by atoms with E-state index >= 15 is 0 Å². The molecule has 5 atom stereocenters. The third-order valence-corrected chi connectivity index (χ3v) is 6.77. The molecule has 0 saturated carbocycles. The van der Waals surface area contributed by atoms with Crippen molar-refractivity contribution in [3.63, 3.8) is 0 Å². The second kappa shape index (κ2) is 14.3. The molecule has 1 aromatic heterocycles. The Bertz CT molecular complexity index is 1390. The molecule has 13 heteroatoms. The molecule has 0 aliphatic carbocycles. The van der Waals surface area contributed by atoms with Crippen LogP contribution in [-0.2, 0) is 25.5 Å². The molecule has 4 rings (SSSR count). The van der Waals surface area contributed by atoms with Crippen molar-refractivity contribution in [2.45, 2.75) is 56.2 Å². The Labute approximate surface area is 256 Å². The number of esters is 1. The first-order valence-corrected chi connectivity index (χ1v) is 12.5. The zero-order valence-corrected chi connectivity index (χ0v) is 24.5. The molecule has 1 aliphatic heterocycles. The fourth-order valence-electron chi connectivity index (χ4n) is 4.57. The number of methoxy groups -OCH3 is 1. The second-order valence-corrected chi connectivity index (χ2v) is 9.45. The molecule has 1 aliphatic rings. The minimum Gasteiger partial charge on any atom is -0.550 e. The number of aromatic hydroxyl groups is 1. The number of hydrogen-bond acceptors (Lipinski definition) is 12. The van der Waals surface area contributed by atoms with Gasteiger partial charge < -0.3 is 49.0 Å². The molecule has 2 aromatic carbocycles. The summed E-state index contributed by atoms with van der Waals surface area (Å²) in [5.74, 6) is -3.05. The van der Waals surface area contributed by atoms with Crippen LogP contribution in [0.4, 0.5) is 0 Å². The number of carboxylic acid groups (broad SMARTS) is 1. The summed E-state index contributed by atoms with van der Waals surface area (Å²) in [7, 11) is 1.29. The zero-order chi connectivity index (χ0) is 29.0. The number of benzene rings is 2. The molecule has 5 unspecified atom stereocenters. The Hall–Kier alpha value is -2.97. The van der Waals surface area contributed by atoms with Crippen LogP contribution in [0.3, 0.4) is 0 Å². The van der Waals surface area contributed by atoms with Gasteiger partial charge in [-0.25, -0.2) is 0 Å². The number of carbonyl (C=O) groups excluding carboxylic acids is 3. The molecule has 2 heterocycles. The Kier molecular flexibility index (Phi) is 11.3. The van der Waals surface area contributed by atoms with Gasteiger partial charge in [-0.2, -0.15) is 0 Å². The molecular formula is C28H29NaO12. The number of furan rings is 1. The number of Topliss-reactive ketones (excluding diaryl/α,β-unsaturated/α-hetero) is 1. The minimum atomic E-state index is -1.74. The summed E-state index contributed by atoms with van der Waals surface area (Å²) in [6.45, 7) is -0.555. The number of ketones is 1. The maximum absolute atomic E-state index is 13.1. The molecule has 41 heavy (non-hydrogen) atoms. The van der Waals surface area contributed by atoms with Crippen LogP contribution < -0.4 is 39.4 Å². The molecule has 214 valence electrons. The number of fused-ring (bicyclic) bond motifs is 1. The monoisotopic (exact) mass is 580 g/mol. The summed E-state index contributed by atoms with van der Waals surface area (Å²) in [6.07, 6.45) is -6.77. The van der Waals surface area contributed by atoms with E-state index in [4.69, 9.17) is 18.6 Å². The number of aliphatic carboxylic acids is 1. The van der Waals surface area contributed by atoms with E-state index in [9.17, 15) is 39.9 Å². The number of carbonyl (C=O) groups is 3. The molecule has 0 radical (unpaired) electrons. The van der Waals surface area contributed by atoms with Gasteiger partial charge in [-0.05, 0) is 42.7 Å². The summed E-state index contributed by atoms with van der Waals surface area (Å²) in [4.78, 5) is 35.5. The van der Waals surface area contributed by atoms with E-state index in [-0.39, 0.29) is 58.6 Å². The van der Waals surface area contributed by atoms with Gasteiger partial charge in [-0.1, -0.05) is 6.07 Å². The summed E-state index contributed by atoms with van der Waals surface area (Å²) >= 11 is 0. The smallest absolute Gasteiger partial charge is 0.550 e. The Morgan fingerprint density at radius 1 is 0.976 bits per heavy atom. The maximum atomic E-state index is 13.1. The van der Waals surface area contributed by atoms with Crippen LogP contribution >= 0.6 is 0 Å². The first kappa shape index (κ1) is 32.5. The van der Waals surface area contributed by atoms with E-state index in [1.54, 1.807) is 12.3 Å². The molecule has 1 saturated heterocycles. The van der Waals surface area contributed by atoms with Gasteiger partial charge in [0.1, 0.15) is 54.2 Å². The molecule has 0 bridgehead atoms. The molecule has 3 aromatic rings. The Morgan fingerprint density at radius 2 is 1.73 bits per heavy atom. The van der Waals surface area contributed by atoms with Crippen molar-refractivity contribution in [2.24, 2.45) is 0 Å². The van der Waals surface area contributed by atoms with Crippen molar-refractivity contribution in [1.29, 1.82) is 0 Å². The summed E-state index contributed by atoms with van der Waals surface area (Å²) < 4.78 is 21.4. The summed E-state index contributed by atoms with van der Waals surface area (Å²) in [6, 6.07) is 9.82. The number of aryl methyl sites for hydroxylation is 1. The number of phenolic OH excluding ortho intramolecular Hbond substituents is 1. The van der Waals surface area contributed by atoms with E-state index in [2.05, 4.69) is 0 Å². The molecule has 0 amide bonds. The minimum absolute atomic E-state index is 0. The van der Waals surface area contributed by atoms with Gasteiger partial charge in [-0.3, -0.25) is 9.59 Å². The fraction of sp³-hybridized carbons (Fsp3) is 0.393. The van der Waals surface area contributed by atoms with Crippen LogP contribution in [-0.4, -0.2) is 76.3 Å². The van der Waals surface area contributed by atoms with Crippen molar-refractivity contribution in [3.8, 4) is 11.5 Å². The second-order valence-electron chi connectivity index (χ2n) is 9.45. The van der Waals surface area contributed by atoms with Crippen molar-refractivity contribution in [2.75, 3.05) is 13.7 Å². The van der Waals surface area contributed by atoms with Gasteiger partial charge in [0, 0.05) is 29.4 Å². The van der Waals surface area contributed by atoms with E-state index in [1.807, 2.05) is 18.2 Å². The van der Waals surface area contributed by atoms with E-state index < -0.39 is 67.7 Å². The topological polar surface area (TPSA) is 196 Å². The summed E-state index contributed by atoms with van der Waals surface area (Å²) in [5, 5.41) is 53.6. The van der Waals surface area contributed by atoms with Crippen LogP contribution in [0.1, 0.15) is 46.9 Å². The van der Waals surface area contributed by atoms with Gasteiger partial charge in [0.25, 0.3) is 0 Å². The zero-order valence-electron chi connectivity index (χ0n) is 22.5. The van der Waals surface area contributed by atoms with Crippen LogP contribution in [0.5, 0.6) is 11.5 Å². The van der Waals surface area contributed by atoms with E-state index in [1.165, 1.54) is 19.2 Å². The van der Waals surface area contributed by atoms with Crippen molar-refractivity contribution in [1.82, 2.24) is 0 Å². The Balaban J connectivity index is 0.00000462. The van der Waals surface area contributed by atoms with E-state index in [0.29, 0.717) is 6.42 Å². The predicted octanol–water partition coefficient (Wildman–Crippen LogP) is -2.44. The first-order chi connectivity index (χ1) is 19.1. The van der Waals surface area contributed by atoms with Gasteiger partial charge in [0.15, 0.2) is 5.78 Å². The Morgan fingerprint density at radius 3 is 2.44 bits per heavy atom. The number of hydrogen-bond donors (Lipinski definition) is 4. The molecule has 0 spiro atoms. The van der Waals surface area contributed by atoms with Gasteiger partial charge in [0.05, 0.1) is 25.4 Å². The number of aliphatic hydroxyl groups is 3. The number of carboxylic acids is 1. The molecule has 4 N–H and O–H groups in total. The third kappa shape index (κ3) is 7.66. The third-order valence-electron chi connectivity index (χ3n) is 6.77. The van der Waals surface area contributed by atoms with E-state index in [0.717, 1.165) is 16.5 Å². The standard InChI is InChI=1S/C28H30O12.Na/c1-37-21-12-19(30)16(18(29)4-2-14-3-5-20-15(10-14)8-9-38-20)11-17(21)28-27(36)26(35)25(34)22(40-28)13-39-24(33)7-6-23(31)32;/h3,5,8-12,22,25-28,30,34-36H,2,4,6-7,13H2,1H3,(H,31,32);/q;+1/p-1. The predicted molar refractivity (Wildman–Crippen MR) is 134 cm³/mol. The number of aliphatic hydroxyl groups excluding tert-OH is 3. The normalized spacial score (nSPS) is 22.1. The number of phenols is 1. The van der Waals surface area contributed by atoms with Crippen LogP contribution in [0.15, 0.2) is 47.1 Å². The molecule has 1 fully saturated rings. The first-order valence-electron chi connectivity index (χ1n) is 12.5. The van der Waals surface area contributed by atoms with Crippen molar-refractivity contribution in [3.05, 3.63) is 59.4 Å². The van der Waals surface area contributed by atoms with Crippen molar-refractivity contribution < 1.29 is 88.1 Å².